The van der Waals surface area contributed by atoms with Crippen molar-refractivity contribution in [3.05, 3.63) is 29.3 Å². The predicted octanol–water partition coefficient (Wildman–Crippen LogP) is 3.72. The van der Waals surface area contributed by atoms with Crippen molar-refractivity contribution >= 4 is 0 Å². The summed E-state index contributed by atoms with van der Waals surface area (Å²) in [5.41, 5.74) is 5.81. The molecule has 1 saturated carbocycles. The second-order valence-corrected chi connectivity index (χ2v) is 6.73. The molecule has 0 saturated heterocycles. The van der Waals surface area contributed by atoms with Gasteiger partial charge in [-0.15, -0.1) is 0 Å². The first-order chi connectivity index (χ1) is 9.49. The maximum absolute atomic E-state index is 5.92. The van der Waals surface area contributed by atoms with E-state index in [0.29, 0.717) is 11.3 Å². The van der Waals surface area contributed by atoms with Crippen LogP contribution in [0.2, 0.25) is 0 Å². The summed E-state index contributed by atoms with van der Waals surface area (Å²) >= 11 is 0. The fourth-order valence-electron chi connectivity index (χ4n) is 3.66. The van der Waals surface area contributed by atoms with E-state index in [9.17, 15) is 0 Å². The molecule has 1 aromatic rings. The average molecular weight is 276 g/mol. The Bertz CT molecular complexity index is 456. The van der Waals surface area contributed by atoms with Crippen molar-refractivity contribution in [2.24, 2.45) is 17.2 Å². The maximum Gasteiger partial charge on any atom is 0.123 e. The van der Waals surface area contributed by atoms with Crippen LogP contribution < -0.4 is 16.0 Å². The SMILES string of the molecule is COc1ccc(C)cc1C(NN)C1CCCCC1(C)C. The number of hydrogen-bond donors (Lipinski definition) is 2. The first-order valence-electron chi connectivity index (χ1n) is 7.60. The van der Waals surface area contributed by atoms with Crippen LogP contribution in [0.15, 0.2) is 18.2 Å². The van der Waals surface area contributed by atoms with Gasteiger partial charge >= 0.3 is 0 Å². The van der Waals surface area contributed by atoms with E-state index in [1.807, 2.05) is 6.07 Å². The molecule has 3 nitrogen and oxygen atoms in total. The van der Waals surface area contributed by atoms with Gasteiger partial charge in [-0.2, -0.15) is 0 Å². The Hall–Kier alpha value is -1.06. The van der Waals surface area contributed by atoms with Crippen molar-refractivity contribution in [2.45, 2.75) is 52.5 Å². The highest BCUT2D eigenvalue weighted by Gasteiger charge is 2.38. The molecule has 1 aromatic carbocycles. The molecule has 1 aliphatic rings. The van der Waals surface area contributed by atoms with Crippen molar-refractivity contribution in [3.8, 4) is 5.75 Å². The minimum atomic E-state index is 0.153. The summed E-state index contributed by atoms with van der Waals surface area (Å²) in [5, 5.41) is 0. The summed E-state index contributed by atoms with van der Waals surface area (Å²) in [6.45, 7) is 6.84. The molecular formula is C17H28N2O. The number of hydrogen-bond acceptors (Lipinski definition) is 3. The Kier molecular flexibility index (Phi) is 4.71. The van der Waals surface area contributed by atoms with Crippen LogP contribution >= 0.6 is 0 Å². The van der Waals surface area contributed by atoms with E-state index in [1.165, 1.54) is 36.8 Å². The molecule has 0 aromatic heterocycles. The second-order valence-electron chi connectivity index (χ2n) is 6.73. The Balaban J connectivity index is 2.39. The van der Waals surface area contributed by atoms with Crippen LogP contribution in [-0.2, 0) is 0 Å². The number of methoxy groups -OCH3 is 1. The lowest BCUT2D eigenvalue weighted by molar-refractivity contribution is 0.0971. The minimum absolute atomic E-state index is 0.153. The zero-order valence-electron chi connectivity index (χ0n) is 13.2. The number of nitrogens with two attached hydrogens (primary N) is 1. The lowest BCUT2D eigenvalue weighted by Crippen LogP contribution is -2.41. The third kappa shape index (κ3) is 2.99. The smallest absolute Gasteiger partial charge is 0.123 e. The van der Waals surface area contributed by atoms with Crippen LogP contribution in [0, 0.1) is 18.3 Å². The van der Waals surface area contributed by atoms with Gasteiger partial charge in [-0.25, -0.2) is 0 Å². The van der Waals surface area contributed by atoms with Crippen LogP contribution in [0.5, 0.6) is 5.75 Å². The third-order valence-corrected chi connectivity index (χ3v) is 4.89. The third-order valence-electron chi connectivity index (χ3n) is 4.89. The van der Waals surface area contributed by atoms with Gasteiger partial charge in [0, 0.05) is 5.56 Å². The zero-order chi connectivity index (χ0) is 14.8. The molecule has 1 fully saturated rings. The van der Waals surface area contributed by atoms with E-state index in [2.05, 4.69) is 38.3 Å². The van der Waals surface area contributed by atoms with Gasteiger partial charge in [0.2, 0.25) is 0 Å². The van der Waals surface area contributed by atoms with E-state index in [-0.39, 0.29) is 6.04 Å². The van der Waals surface area contributed by atoms with Gasteiger partial charge < -0.3 is 4.74 Å². The largest absolute Gasteiger partial charge is 0.496 e. The first-order valence-corrected chi connectivity index (χ1v) is 7.60. The molecule has 3 N–H and O–H groups in total. The van der Waals surface area contributed by atoms with Gasteiger partial charge in [-0.1, -0.05) is 44.4 Å². The molecule has 2 rings (SSSR count). The number of rotatable bonds is 4. The van der Waals surface area contributed by atoms with Crippen molar-refractivity contribution < 1.29 is 4.74 Å². The first kappa shape index (κ1) is 15.3. The Morgan fingerprint density at radius 1 is 1.35 bits per heavy atom. The summed E-state index contributed by atoms with van der Waals surface area (Å²) < 4.78 is 5.55. The van der Waals surface area contributed by atoms with Gasteiger partial charge in [-0.3, -0.25) is 11.3 Å². The monoisotopic (exact) mass is 276 g/mol. The van der Waals surface area contributed by atoms with E-state index in [4.69, 9.17) is 10.6 Å². The van der Waals surface area contributed by atoms with E-state index < -0.39 is 0 Å². The lowest BCUT2D eigenvalue weighted by atomic mass is 9.65. The van der Waals surface area contributed by atoms with Crippen molar-refractivity contribution in [1.82, 2.24) is 5.43 Å². The molecule has 0 radical (unpaired) electrons. The van der Waals surface area contributed by atoms with Crippen LogP contribution in [0.3, 0.4) is 0 Å². The molecule has 20 heavy (non-hydrogen) atoms. The van der Waals surface area contributed by atoms with Crippen molar-refractivity contribution in [1.29, 1.82) is 0 Å². The van der Waals surface area contributed by atoms with E-state index >= 15 is 0 Å². The van der Waals surface area contributed by atoms with Crippen molar-refractivity contribution in [3.63, 3.8) is 0 Å². The van der Waals surface area contributed by atoms with Crippen molar-refractivity contribution in [2.75, 3.05) is 7.11 Å². The van der Waals surface area contributed by atoms with Gasteiger partial charge in [-0.05, 0) is 37.2 Å². The average Bonchev–Trinajstić information content (AvgIpc) is 2.41. The molecule has 0 aliphatic heterocycles. The van der Waals surface area contributed by atoms with E-state index in [1.54, 1.807) is 7.11 Å². The molecule has 0 bridgehead atoms. The van der Waals surface area contributed by atoms with Gasteiger partial charge in [0.05, 0.1) is 13.2 Å². The number of benzene rings is 1. The fourth-order valence-corrected chi connectivity index (χ4v) is 3.66. The zero-order valence-corrected chi connectivity index (χ0v) is 13.2. The molecule has 0 spiro atoms. The maximum atomic E-state index is 5.92. The summed E-state index contributed by atoms with van der Waals surface area (Å²) in [6.07, 6.45) is 5.11. The summed E-state index contributed by atoms with van der Waals surface area (Å²) in [6, 6.07) is 6.49. The number of nitrogens with one attached hydrogen (secondary N) is 1. The number of aryl methyl sites for hydroxylation is 1. The number of hydrazine groups is 1. The Morgan fingerprint density at radius 2 is 2.10 bits per heavy atom. The van der Waals surface area contributed by atoms with Gasteiger partial charge in [0.25, 0.3) is 0 Å². The summed E-state index contributed by atoms with van der Waals surface area (Å²) in [5.74, 6) is 7.39. The quantitative estimate of drug-likeness (QED) is 0.651. The van der Waals surface area contributed by atoms with Crippen LogP contribution in [-0.4, -0.2) is 7.11 Å². The summed E-state index contributed by atoms with van der Waals surface area (Å²) in [4.78, 5) is 0. The molecule has 3 heteroatoms. The van der Waals surface area contributed by atoms with Gasteiger partial charge in [0.15, 0.2) is 0 Å². The summed E-state index contributed by atoms with van der Waals surface area (Å²) in [7, 11) is 1.73. The van der Waals surface area contributed by atoms with Gasteiger partial charge in [0.1, 0.15) is 5.75 Å². The van der Waals surface area contributed by atoms with E-state index in [0.717, 1.165) is 5.75 Å². The molecule has 0 amide bonds. The predicted molar refractivity (Wildman–Crippen MR) is 83.5 cm³/mol. The highest BCUT2D eigenvalue weighted by atomic mass is 16.5. The molecule has 112 valence electrons. The molecule has 2 atom stereocenters. The second kappa shape index (κ2) is 6.15. The Labute approximate surface area is 122 Å². The topological polar surface area (TPSA) is 47.3 Å². The molecule has 2 unspecified atom stereocenters. The molecule has 1 aliphatic carbocycles. The minimum Gasteiger partial charge on any atom is -0.496 e. The van der Waals surface area contributed by atoms with Crippen LogP contribution in [0.4, 0.5) is 0 Å². The van der Waals surface area contributed by atoms with Crippen LogP contribution in [0.25, 0.3) is 0 Å². The van der Waals surface area contributed by atoms with Crippen LogP contribution in [0.1, 0.15) is 56.7 Å². The highest BCUT2D eigenvalue weighted by molar-refractivity contribution is 5.39. The molecular weight excluding hydrogens is 248 g/mol. The normalized spacial score (nSPS) is 23.4. The number of ether oxygens (including phenoxy) is 1. The lowest BCUT2D eigenvalue weighted by Gasteiger charge is -2.43. The fraction of sp³-hybridized carbons (Fsp3) is 0.647. The highest BCUT2D eigenvalue weighted by Crippen LogP contribution is 2.47. The molecule has 0 heterocycles. The Morgan fingerprint density at radius 3 is 2.70 bits per heavy atom. The standard InChI is InChI=1S/C17H28N2O/c1-12-8-9-15(20-4)13(11-12)16(19-18)14-7-5-6-10-17(14,2)3/h8-9,11,14,16,19H,5-7,10,18H2,1-4H3.